The Bertz CT molecular complexity index is 990. The molecule has 2 rings (SSSR count). The Morgan fingerprint density at radius 1 is 1.13 bits per heavy atom. The SMILES string of the molecule is CCN(CC)c1ccc(S(=O)(=O)N(CC)CC)cc1NC(=O)/C=C/c1cnn(C)c1. The molecule has 1 amide bonds. The van der Waals surface area contributed by atoms with E-state index in [-0.39, 0.29) is 10.8 Å². The largest absolute Gasteiger partial charge is 0.370 e. The average molecular weight is 434 g/mol. The molecule has 0 radical (unpaired) electrons. The van der Waals surface area contributed by atoms with Gasteiger partial charge in [-0.05, 0) is 38.1 Å². The van der Waals surface area contributed by atoms with E-state index in [2.05, 4.69) is 15.3 Å². The first kappa shape index (κ1) is 23.6. The van der Waals surface area contributed by atoms with Gasteiger partial charge in [0.2, 0.25) is 15.9 Å². The number of hydrogen-bond donors (Lipinski definition) is 1. The molecule has 0 fully saturated rings. The van der Waals surface area contributed by atoms with Crippen LogP contribution in [0.3, 0.4) is 0 Å². The van der Waals surface area contributed by atoms with Gasteiger partial charge in [-0.25, -0.2) is 8.42 Å². The highest BCUT2D eigenvalue weighted by molar-refractivity contribution is 7.89. The van der Waals surface area contributed by atoms with E-state index < -0.39 is 10.0 Å². The maximum absolute atomic E-state index is 12.9. The Hall–Kier alpha value is -2.65. The van der Waals surface area contributed by atoms with Crippen molar-refractivity contribution in [3.05, 3.63) is 42.2 Å². The van der Waals surface area contributed by atoms with Crippen LogP contribution in [-0.4, -0.2) is 54.6 Å². The summed E-state index contributed by atoms with van der Waals surface area (Å²) in [5, 5.41) is 6.91. The van der Waals surface area contributed by atoms with E-state index in [1.54, 1.807) is 56.2 Å². The molecule has 0 atom stereocenters. The summed E-state index contributed by atoms with van der Waals surface area (Å²) >= 11 is 0. The van der Waals surface area contributed by atoms with Gasteiger partial charge in [-0.3, -0.25) is 9.48 Å². The monoisotopic (exact) mass is 433 g/mol. The minimum Gasteiger partial charge on any atom is -0.370 e. The molecule has 164 valence electrons. The molecular weight excluding hydrogens is 402 g/mol. The molecule has 1 aromatic carbocycles. The predicted molar refractivity (Wildman–Crippen MR) is 121 cm³/mol. The molecule has 30 heavy (non-hydrogen) atoms. The molecule has 1 heterocycles. The molecule has 0 aliphatic heterocycles. The third kappa shape index (κ3) is 5.48. The Kier molecular flexibility index (Phi) is 8.19. The number of aryl methyl sites for hydroxylation is 1. The standard InChI is InChI=1S/C21H31N5O3S/c1-6-25(7-2)20-12-11-18(30(28,29)26(8-3)9-4)14-19(20)23-21(27)13-10-17-15-22-24(5)16-17/h10-16H,6-9H2,1-5H3,(H,23,27)/b13-10+. The van der Waals surface area contributed by atoms with Gasteiger partial charge < -0.3 is 10.2 Å². The zero-order valence-electron chi connectivity index (χ0n) is 18.3. The summed E-state index contributed by atoms with van der Waals surface area (Å²) in [7, 11) is -1.83. The van der Waals surface area contributed by atoms with Crippen molar-refractivity contribution < 1.29 is 13.2 Å². The highest BCUT2D eigenvalue weighted by Gasteiger charge is 2.23. The molecule has 1 aromatic heterocycles. The second-order valence-electron chi connectivity index (χ2n) is 6.71. The molecule has 0 aliphatic carbocycles. The van der Waals surface area contributed by atoms with E-state index in [0.717, 1.165) is 24.3 Å². The van der Waals surface area contributed by atoms with Crippen molar-refractivity contribution in [3.63, 3.8) is 0 Å². The first-order chi connectivity index (χ1) is 14.3. The molecule has 2 aromatic rings. The summed E-state index contributed by atoms with van der Waals surface area (Å²) in [6.45, 7) is 9.85. The van der Waals surface area contributed by atoms with Crippen LogP contribution in [-0.2, 0) is 21.9 Å². The molecule has 1 N–H and O–H groups in total. The fraction of sp³-hybridized carbons (Fsp3) is 0.429. The lowest BCUT2D eigenvalue weighted by Crippen LogP contribution is -2.31. The molecule has 0 aliphatic rings. The van der Waals surface area contributed by atoms with E-state index in [1.165, 1.54) is 16.4 Å². The van der Waals surface area contributed by atoms with Crippen molar-refractivity contribution in [2.75, 3.05) is 36.4 Å². The Morgan fingerprint density at radius 2 is 1.80 bits per heavy atom. The molecule has 0 unspecified atom stereocenters. The van der Waals surface area contributed by atoms with Crippen molar-refractivity contribution in [1.29, 1.82) is 0 Å². The number of carbonyl (C=O) groups is 1. The summed E-state index contributed by atoms with van der Waals surface area (Å²) < 4.78 is 28.9. The first-order valence-corrected chi connectivity index (χ1v) is 11.6. The van der Waals surface area contributed by atoms with Crippen molar-refractivity contribution in [2.45, 2.75) is 32.6 Å². The zero-order valence-corrected chi connectivity index (χ0v) is 19.1. The average Bonchev–Trinajstić information content (AvgIpc) is 3.14. The number of nitrogens with zero attached hydrogens (tertiary/aromatic N) is 4. The number of amides is 1. The number of benzene rings is 1. The smallest absolute Gasteiger partial charge is 0.248 e. The number of sulfonamides is 1. The summed E-state index contributed by atoms with van der Waals surface area (Å²) in [6, 6.07) is 4.89. The van der Waals surface area contributed by atoms with Gasteiger partial charge in [-0.15, -0.1) is 0 Å². The topological polar surface area (TPSA) is 87.5 Å². The lowest BCUT2D eigenvalue weighted by atomic mass is 10.2. The van der Waals surface area contributed by atoms with Gasteiger partial charge in [0.25, 0.3) is 0 Å². The van der Waals surface area contributed by atoms with Gasteiger partial charge >= 0.3 is 0 Å². The number of rotatable bonds is 10. The van der Waals surface area contributed by atoms with Gasteiger partial charge in [-0.1, -0.05) is 13.8 Å². The van der Waals surface area contributed by atoms with E-state index in [0.29, 0.717) is 18.8 Å². The molecular formula is C21H31N5O3S. The summed E-state index contributed by atoms with van der Waals surface area (Å²) in [4.78, 5) is 14.8. The van der Waals surface area contributed by atoms with Crippen molar-refractivity contribution in [1.82, 2.24) is 14.1 Å². The number of hydrogen-bond acceptors (Lipinski definition) is 5. The van der Waals surface area contributed by atoms with Crippen molar-refractivity contribution >= 4 is 33.4 Å². The molecule has 0 bridgehead atoms. The van der Waals surface area contributed by atoms with E-state index in [4.69, 9.17) is 0 Å². The fourth-order valence-electron chi connectivity index (χ4n) is 3.20. The first-order valence-electron chi connectivity index (χ1n) is 10.1. The predicted octanol–water partition coefficient (Wildman–Crippen LogP) is 2.95. The van der Waals surface area contributed by atoms with Crippen LogP contribution in [0.15, 0.2) is 41.6 Å². The van der Waals surface area contributed by atoms with Crippen molar-refractivity contribution in [3.8, 4) is 0 Å². The summed E-state index contributed by atoms with van der Waals surface area (Å²) in [5.74, 6) is -0.343. The van der Waals surface area contributed by atoms with E-state index in [1.807, 2.05) is 13.8 Å². The number of anilines is 2. The van der Waals surface area contributed by atoms with Gasteiger partial charge in [0.15, 0.2) is 0 Å². The third-order valence-corrected chi connectivity index (χ3v) is 6.87. The molecule has 9 heteroatoms. The minimum absolute atomic E-state index is 0.161. The second-order valence-corrected chi connectivity index (χ2v) is 8.65. The highest BCUT2D eigenvalue weighted by atomic mass is 32.2. The van der Waals surface area contributed by atoms with Crippen LogP contribution >= 0.6 is 0 Å². The summed E-state index contributed by atoms with van der Waals surface area (Å²) in [6.07, 6.45) is 6.52. The normalized spacial score (nSPS) is 11.9. The minimum atomic E-state index is -3.63. The maximum atomic E-state index is 12.9. The van der Waals surface area contributed by atoms with Crippen LogP contribution in [0.5, 0.6) is 0 Å². The number of carbonyl (C=O) groups excluding carboxylic acids is 1. The molecule has 0 saturated carbocycles. The van der Waals surface area contributed by atoms with Crippen LogP contribution in [0.4, 0.5) is 11.4 Å². The fourth-order valence-corrected chi connectivity index (χ4v) is 4.69. The van der Waals surface area contributed by atoms with Gasteiger partial charge in [0, 0.05) is 51.1 Å². The molecule has 8 nitrogen and oxygen atoms in total. The quantitative estimate of drug-likeness (QED) is 0.582. The van der Waals surface area contributed by atoms with Crippen molar-refractivity contribution in [2.24, 2.45) is 7.05 Å². The van der Waals surface area contributed by atoms with Crippen LogP contribution < -0.4 is 10.2 Å². The van der Waals surface area contributed by atoms with Crippen LogP contribution in [0.25, 0.3) is 6.08 Å². The lowest BCUT2D eigenvalue weighted by molar-refractivity contribution is -0.111. The van der Waals surface area contributed by atoms with Crippen LogP contribution in [0.1, 0.15) is 33.3 Å². The maximum Gasteiger partial charge on any atom is 0.248 e. The number of aromatic nitrogens is 2. The second kappa shape index (κ2) is 10.4. The van der Waals surface area contributed by atoms with Crippen LogP contribution in [0, 0.1) is 0 Å². The van der Waals surface area contributed by atoms with Gasteiger partial charge in [-0.2, -0.15) is 9.40 Å². The Balaban J connectivity index is 2.40. The van der Waals surface area contributed by atoms with Crippen LogP contribution in [0.2, 0.25) is 0 Å². The van der Waals surface area contributed by atoms with E-state index in [9.17, 15) is 13.2 Å². The number of nitrogens with one attached hydrogen (secondary N) is 1. The van der Waals surface area contributed by atoms with Gasteiger partial charge in [0.1, 0.15) is 0 Å². The Labute approximate surface area is 179 Å². The lowest BCUT2D eigenvalue weighted by Gasteiger charge is -2.25. The zero-order chi connectivity index (χ0) is 22.3. The Morgan fingerprint density at radius 3 is 2.33 bits per heavy atom. The van der Waals surface area contributed by atoms with E-state index >= 15 is 0 Å². The highest BCUT2D eigenvalue weighted by Crippen LogP contribution is 2.30. The third-order valence-electron chi connectivity index (χ3n) is 4.83. The summed E-state index contributed by atoms with van der Waals surface area (Å²) in [5.41, 5.74) is 2.05. The van der Waals surface area contributed by atoms with Gasteiger partial charge in [0.05, 0.1) is 22.5 Å². The molecule has 0 spiro atoms. The molecule has 0 saturated heterocycles.